The summed E-state index contributed by atoms with van der Waals surface area (Å²) in [5.74, 6) is 1.31. The van der Waals surface area contributed by atoms with Gasteiger partial charge < -0.3 is 15.4 Å². The van der Waals surface area contributed by atoms with Gasteiger partial charge in [-0.05, 0) is 55.8 Å². The normalized spacial score (nSPS) is 10.7. The van der Waals surface area contributed by atoms with Gasteiger partial charge in [-0.3, -0.25) is 0 Å². The summed E-state index contributed by atoms with van der Waals surface area (Å²) >= 11 is 0. The van der Waals surface area contributed by atoms with Gasteiger partial charge in [-0.25, -0.2) is 4.79 Å². The molecule has 0 saturated heterocycles. The van der Waals surface area contributed by atoms with Crippen molar-refractivity contribution in [1.29, 1.82) is 0 Å². The van der Waals surface area contributed by atoms with Crippen LogP contribution in [-0.4, -0.2) is 33.0 Å². The van der Waals surface area contributed by atoms with Gasteiger partial charge in [0.25, 0.3) is 0 Å². The Labute approximate surface area is 167 Å². The van der Waals surface area contributed by atoms with Crippen molar-refractivity contribution in [1.82, 2.24) is 19.8 Å². The molecule has 0 spiro atoms. The van der Waals surface area contributed by atoms with Crippen LogP contribution in [0.15, 0.2) is 54.6 Å². The molecule has 0 saturated carbocycles. The van der Waals surface area contributed by atoms with E-state index in [0.29, 0.717) is 28.6 Å². The summed E-state index contributed by atoms with van der Waals surface area (Å²) in [6.07, 6.45) is 0. The van der Waals surface area contributed by atoms with E-state index in [9.17, 15) is 4.79 Å². The van der Waals surface area contributed by atoms with Gasteiger partial charge in [-0.15, -0.1) is 10.2 Å². The first-order valence-electron chi connectivity index (χ1n) is 9.05. The molecule has 2 heterocycles. The highest BCUT2D eigenvalue weighted by atomic mass is 16.5. The van der Waals surface area contributed by atoms with Gasteiger partial charge in [0.2, 0.25) is 0 Å². The summed E-state index contributed by atoms with van der Waals surface area (Å²) in [4.78, 5) is 12.5. The molecule has 29 heavy (non-hydrogen) atoms. The molecule has 0 radical (unpaired) electrons. The Bertz CT molecular complexity index is 1200. The predicted octanol–water partition coefficient (Wildman–Crippen LogP) is 4.06. The number of carbonyl (C=O) groups excluding carboxylic acids is 1. The molecule has 2 amide bonds. The van der Waals surface area contributed by atoms with Gasteiger partial charge in [-0.2, -0.15) is 9.61 Å². The highest BCUT2D eigenvalue weighted by Crippen LogP contribution is 2.26. The number of hydrogen-bond acceptors (Lipinski definition) is 5. The smallest absolute Gasteiger partial charge is 0.323 e. The molecule has 2 N–H and O–H groups in total. The second-order valence-corrected chi connectivity index (χ2v) is 6.60. The van der Waals surface area contributed by atoms with Crippen LogP contribution >= 0.6 is 0 Å². The summed E-state index contributed by atoms with van der Waals surface area (Å²) in [5, 5.41) is 18.3. The van der Waals surface area contributed by atoms with Crippen LogP contribution in [0.3, 0.4) is 0 Å². The first-order valence-corrected chi connectivity index (χ1v) is 9.05. The molecular formula is C21H20N6O2. The van der Waals surface area contributed by atoms with Gasteiger partial charge in [0.05, 0.1) is 18.5 Å². The van der Waals surface area contributed by atoms with Gasteiger partial charge in [0.15, 0.2) is 11.5 Å². The Morgan fingerprint density at radius 1 is 1.00 bits per heavy atom. The lowest BCUT2D eigenvalue weighted by Gasteiger charge is -2.12. The minimum atomic E-state index is -0.357. The maximum Gasteiger partial charge on any atom is 0.323 e. The van der Waals surface area contributed by atoms with Crippen molar-refractivity contribution >= 4 is 23.1 Å². The molecule has 0 bridgehead atoms. The molecule has 2 aromatic carbocycles. The highest BCUT2D eigenvalue weighted by molar-refractivity contribution is 6.01. The van der Waals surface area contributed by atoms with E-state index in [-0.39, 0.29) is 6.03 Å². The van der Waals surface area contributed by atoms with Crippen LogP contribution in [0, 0.1) is 13.8 Å². The Morgan fingerprint density at radius 3 is 2.69 bits per heavy atom. The molecule has 0 atom stereocenters. The van der Waals surface area contributed by atoms with E-state index < -0.39 is 0 Å². The van der Waals surface area contributed by atoms with Gasteiger partial charge >= 0.3 is 6.03 Å². The van der Waals surface area contributed by atoms with E-state index in [1.807, 2.05) is 68.4 Å². The number of urea groups is 1. The number of amides is 2. The SMILES string of the molecule is COc1ccc(C)cc1NC(=O)Nc1cccc(-c2ccc3nnc(C)n3n2)c1. The minimum absolute atomic E-state index is 0.357. The minimum Gasteiger partial charge on any atom is -0.495 e. The lowest BCUT2D eigenvalue weighted by atomic mass is 10.1. The number of ether oxygens (including phenoxy) is 1. The fraction of sp³-hybridized carbons (Fsp3) is 0.143. The summed E-state index contributed by atoms with van der Waals surface area (Å²) in [7, 11) is 1.57. The van der Waals surface area contributed by atoms with E-state index in [1.54, 1.807) is 11.6 Å². The Balaban J connectivity index is 1.55. The lowest BCUT2D eigenvalue weighted by Crippen LogP contribution is -2.19. The predicted molar refractivity (Wildman–Crippen MR) is 111 cm³/mol. The maximum absolute atomic E-state index is 12.5. The largest absolute Gasteiger partial charge is 0.495 e. The number of fused-ring (bicyclic) bond motifs is 1. The monoisotopic (exact) mass is 388 g/mol. The number of carbonyl (C=O) groups is 1. The molecule has 8 heteroatoms. The van der Waals surface area contributed by atoms with Crippen molar-refractivity contribution in [2.45, 2.75) is 13.8 Å². The van der Waals surface area contributed by atoms with Crippen molar-refractivity contribution < 1.29 is 9.53 Å². The van der Waals surface area contributed by atoms with Crippen LogP contribution in [0.1, 0.15) is 11.4 Å². The number of benzene rings is 2. The first-order chi connectivity index (χ1) is 14.0. The number of anilines is 2. The second-order valence-electron chi connectivity index (χ2n) is 6.60. The summed E-state index contributed by atoms with van der Waals surface area (Å²) in [6.45, 7) is 3.80. The average molecular weight is 388 g/mol. The van der Waals surface area contributed by atoms with E-state index in [1.165, 1.54) is 0 Å². The number of rotatable bonds is 4. The van der Waals surface area contributed by atoms with Crippen molar-refractivity contribution in [2.75, 3.05) is 17.7 Å². The molecule has 2 aromatic heterocycles. The first kappa shape index (κ1) is 18.4. The Hall–Kier alpha value is -3.94. The standard InChI is InChI=1S/C21H20N6O2/c1-13-7-9-19(29-3)18(11-13)23-21(28)22-16-6-4-5-15(12-16)17-8-10-20-25-24-14(2)27(20)26-17/h4-12H,1-3H3,(H2,22,23,28). The van der Waals surface area contributed by atoms with Crippen LogP contribution in [0.4, 0.5) is 16.2 Å². The Kier molecular flexibility index (Phi) is 4.82. The second kappa shape index (κ2) is 7.59. The average Bonchev–Trinajstić information content (AvgIpc) is 3.08. The summed E-state index contributed by atoms with van der Waals surface area (Å²) in [6, 6.07) is 16.5. The zero-order valence-corrected chi connectivity index (χ0v) is 16.3. The van der Waals surface area contributed by atoms with E-state index in [0.717, 1.165) is 16.8 Å². The third kappa shape index (κ3) is 3.86. The molecule has 146 valence electrons. The number of methoxy groups -OCH3 is 1. The lowest BCUT2D eigenvalue weighted by molar-refractivity contribution is 0.262. The quantitative estimate of drug-likeness (QED) is 0.550. The van der Waals surface area contributed by atoms with Crippen molar-refractivity contribution in [3.05, 3.63) is 66.0 Å². The van der Waals surface area contributed by atoms with Crippen LogP contribution in [0.5, 0.6) is 5.75 Å². The van der Waals surface area contributed by atoms with Crippen molar-refractivity contribution in [2.24, 2.45) is 0 Å². The number of nitrogens with one attached hydrogen (secondary N) is 2. The fourth-order valence-corrected chi connectivity index (χ4v) is 3.01. The van der Waals surface area contributed by atoms with Gasteiger partial charge in [0.1, 0.15) is 5.75 Å². The molecular weight excluding hydrogens is 368 g/mol. The number of nitrogens with zero attached hydrogens (tertiary/aromatic N) is 4. The molecule has 0 aliphatic rings. The molecule has 0 aliphatic heterocycles. The van der Waals surface area contributed by atoms with E-state index >= 15 is 0 Å². The van der Waals surface area contributed by atoms with Gasteiger partial charge in [-0.1, -0.05) is 18.2 Å². The molecule has 0 unspecified atom stereocenters. The molecule has 4 aromatic rings. The van der Waals surface area contributed by atoms with E-state index in [4.69, 9.17) is 4.74 Å². The fourth-order valence-electron chi connectivity index (χ4n) is 3.01. The summed E-state index contributed by atoms with van der Waals surface area (Å²) in [5.41, 5.74) is 4.59. The summed E-state index contributed by atoms with van der Waals surface area (Å²) < 4.78 is 6.99. The number of aryl methyl sites for hydroxylation is 2. The highest BCUT2D eigenvalue weighted by Gasteiger charge is 2.10. The number of aromatic nitrogens is 4. The number of hydrogen-bond donors (Lipinski definition) is 2. The molecule has 0 fully saturated rings. The maximum atomic E-state index is 12.5. The van der Waals surface area contributed by atoms with Gasteiger partial charge in [0, 0.05) is 11.3 Å². The Morgan fingerprint density at radius 2 is 1.86 bits per heavy atom. The third-order valence-electron chi connectivity index (χ3n) is 4.44. The van der Waals surface area contributed by atoms with Crippen LogP contribution in [0.25, 0.3) is 16.9 Å². The van der Waals surface area contributed by atoms with Crippen molar-refractivity contribution in [3.63, 3.8) is 0 Å². The third-order valence-corrected chi connectivity index (χ3v) is 4.44. The molecule has 8 nitrogen and oxygen atoms in total. The van der Waals surface area contributed by atoms with Crippen LogP contribution in [-0.2, 0) is 0 Å². The zero-order chi connectivity index (χ0) is 20.4. The van der Waals surface area contributed by atoms with Crippen molar-refractivity contribution in [3.8, 4) is 17.0 Å². The molecule has 4 rings (SSSR count). The topological polar surface area (TPSA) is 93.4 Å². The van der Waals surface area contributed by atoms with Crippen LogP contribution < -0.4 is 15.4 Å². The zero-order valence-electron chi connectivity index (χ0n) is 16.3. The van der Waals surface area contributed by atoms with Crippen LogP contribution in [0.2, 0.25) is 0 Å². The molecule has 0 aliphatic carbocycles. The van der Waals surface area contributed by atoms with E-state index in [2.05, 4.69) is 25.9 Å².